The molecule has 0 aliphatic rings. The van der Waals surface area contributed by atoms with E-state index in [1.165, 1.54) is 5.56 Å². The van der Waals surface area contributed by atoms with E-state index in [2.05, 4.69) is 61.0 Å². The fourth-order valence-corrected chi connectivity index (χ4v) is 2.54. The second-order valence-corrected chi connectivity index (χ2v) is 6.21. The summed E-state index contributed by atoms with van der Waals surface area (Å²) in [7, 11) is 0. The van der Waals surface area contributed by atoms with E-state index in [1.54, 1.807) is 6.26 Å². The highest BCUT2D eigenvalue weighted by Crippen LogP contribution is 2.30. The summed E-state index contributed by atoms with van der Waals surface area (Å²) < 4.78 is 5.95. The van der Waals surface area contributed by atoms with Gasteiger partial charge < -0.3 is 10.2 Å². The zero-order chi connectivity index (χ0) is 14.0. The predicted octanol–water partition coefficient (Wildman–Crippen LogP) is 4.78. The quantitative estimate of drug-likeness (QED) is 0.880. The SMILES string of the molecule is CCC(C)(C)c1ccc(C(N)c2ccoc2Br)cc1. The Morgan fingerprint density at radius 2 is 1.84 bits per heavy atom. The van der Waals surface area contributed by atoms with E-state index >= 15 is 0 Å². The van der Waals surface area contributed by atoms with Gasteiger partial charge in [0, 0.05) is 5.56 Å². The molecule has 2 N–H and O–H groups in total. The summed E-state index contributed by atoms with van der Waals surface area (Å²) in [5, 5.41) is 0. The third kappa shape index (κ3) is 2.93. The van der Waals surface area contributed by atoms with E-state index in [0.29, 0.717) is 4.67 Å². The summed E-state index contributed by atoms with van der Waals surface area (Å²) in [5.41, 5.74) is 9.88. The summed E-state index contributed by atoms with van der Waals surface area (Å²) in [6, 6.07) is 10.3. The highest BCUT2D eigenvalue weighted by atomic mass is 79.9. The molecule has 2 rings (SSSR count). The molecule has 1 heterocycles. The van der Waals surface area contributed by atoms with Gasteiger partial charge in [-0.2, -0.15) is 0 Å². The molecule has 1 unspecified atom stereocenters. The van der Waals surface area contributed by atoms with Gasteiger partial charge in [-0.05, 0) is 45.0 Å². The van der Waals surface area contributed by atoms with Crippen LogP contribution in [0.3, 0.4) is 0 Å². The second kappa shape index (κ2) is 5.51. The Morgan fingerprint density at radius 1 is 1.21 bits per heavy atom. The average Bonchev–Trinajstić information content (AvgIpc) is 2.84. The molecule has 0 aliphatic heterocycles. The second-order valence-electron chi connectivity index (χ2n) is 5.49. The highest BCUT2D eigenvalue weighted by molar-refractivity contribution is 9.10. The molecular weight excluding hydrogens is 302 g/mol. The molecule has 0 saturated heterocycles. The van der Waals surface area contributed by atoms with Crippen LogP contribution in [-0.2, 0) is 5.41 Å². The lowest BCUT2D eigenvalue weighted by molar-refractivity contribution is 0.506. The lowest BCUT2D eigenvalue weighted by Gasteiger charge is -2.24. The predicted molar refractivity (Wildman–Crippen MR) is 82.2 cm³/mol. The van der Waals surface area contributed by atoms with Gasteiger partial charge in [0.15, 0.2) is 4.67 Å². The molecule has 2 aromatic rings. The van der Waals surface area contributed by atoms with Crippen LogP contribution in [0, 0.1) is 0 Å². The van der Waals surface area contributed by atoms with Crippen molar-refractivity contribution in [3.63, 3.8) is 0 Å². The number of nitrogens with two attached hydrogens (primary N) is 1. The topological polar surface area (TPSA) is 39.2 Å². The largest absolute Gasteiger partial charge is 0.457 e. The van der Waals surface area contributed by atoms with Gasteiger partial charge >= 0.3 is 0 Å². The number of halogens is 1. The first-order chi connectivity index (χ1) is 8.95. The highest BCUT2D eigenvalue weighted by Gasteiger charge is 2.19. The Bertz CT molecular complexity index is 542. The van der Waals surface area contributed by atoms with Gasteiger partial charge in [0.2, 0.25) is 0 Å². The number of hydrogen-bond acceptors (Lipinski definition) is 2. The van der Waals surface area contributed by atoms with Crippen molar-refractivity contribution in [1.29, 1.82) is 0 Å². The maximum atomic E-state index is 6.26. The van der Waals surface area contributed by atoms with Crippen molar-refractivity contribution in [2.45, 2.75) is 38.6 Å². The molecule has 0 aliphatic carbocycles. The van der Waals surface area contributed by atoms with Crippen LogP contribution >= 0.6 is 15.9 Å². The van der Waals surface area contributed by atoms with E-state index in [1.807, 2.05) is 6.07 Å². The van der Waals surface area contributed by atoms with Gasteiger partial charge in [0.1, 0.15) is 0 Å². The first-order valence-corrected chi connectivity index (χ1v) is 7.34. The third-order valence-corrected chi connectivity index (χ3v) is 4.56. The van der Waals surface area contributed by atoms with Gasteiger partial charge in [-0.3, -0.25) is 0 Å². The van der Waals surface area contributed by atoms with E-state index < -0.39 is 0 Å². The van der Waals surface area contributed by atoms with E-state index in [-0.39, 0.29) is 11.5 Å². The summed E-state index contributed by atoms with van der Waals surface area (Å²) >= 11 is 3.37. The molecule has 0 bridgehead atoms. The fraction of sp³-hybridized carbons (Fsp3) is 0.375. The van der Waals surface area contributed by atoms with Crippen molar-refractivity contribution in [3.8, 4) is 0 Å². The van der Waals surface area contributed by atoms with Crippen LogP contribution in [0.4, 0.5) is 0 Å². The molecule has 102 valence electrons. The van der Waals surface area contributed by atoms with E-state index in [0.717, 1.165) is 17.5 Å². The van der Waals surface area contributed by atoms with Crippen LogP contribution in [0.25, 0.3) is 0 Å². The van der Waals surface area contributed by atoms with Crippen molar-refractivity contribution < 1.29 is 4.42 Å². The van der Waals surface area contributed by atoms with Crippen LogP contribution < -0.4 is 5.73 Å². The zero-order valence-corrected chi connectivity index (χ0v) is 13.2. The monoisotopic (exact) mass is 321 g/mol. The summed E-state index contributed by atoms with van der Waals surface area (Å²) in [6.07, 6.45) is 2.76. The Kier molecular flexibility index (Phi) is 4.16. The maximum absolute atomic E-state index is 6.26. The molecule has 0 fully saturated rings. The lowest BCUT2D eigenvalue weighted by atomic mass is 9.81. The number of furan rings is 1. The van der Waals surface area contributed by atoms with Gasteiger partial charge in [0.25, 0.3) is 0 Å². The van der Waals surface area contributed by atoms with Crippen LogP contribution in [0.15, 0.2) is 45.7 Å². The zero-order valence-electron chi connectivity index (χ0n) is 11.6. The number of benzene rings is 1. The minimum Gasteiger partial charge on any atom is -0.457 e. The Labute approximate surface area is 123 Å². The summed E-state index contributed by atoms with van der Waals surface area (Å²) in [5.74, 6) is 0. The molecule has 3 heteroatoms. The minimum absolute atomic E-state index is 0.160. The van der Waals surface area contributed by atoms with Gasteiger partial charge in [-0.1, -0.05) is 45.0 Å². The van der Waals surface area contributed by atoms with Crippen molar-refractivity contribution in [3.05, 3.63) is 58.0 Å². The third-order valence-electron chi connectivity index (χ3n) is 3.92. The van der Waals surface area contributed by atoms with Crippen LogP contribution in [-0.4, -0.2) is 0 Å². The molecular formula is C16H20BrNO. The standard InChI is InChI=1S/C16H20BrNO/c1-4-16(2,3)12-7-5-11(6-8-12)14(18)13-9-10-19-15(13)17/h5-10,14H,4,18H2,1-3H3. The molecule has 0 radical (unpaired) electrons. The first-order valence-electron chi connectivity index (χ1n) is 6.54. The molecule has 19 heavy (non-hydrogen) atoms. The number of rotatable bonds is 4. The molecule has 1 aromatic heterocycles. The van der Waals surface area contributed by atoms with Crippen molar-refractivity contribution in [2.75, 3.05) is 0 Å². The smallest absolute Gasteiger partial charge is 0.174 e. The van der Waals surface area contributed by atoms with E-state index in [9.17, 15) is 0 Å². The Balaban J connectivity index is 2.26. The summed E-state index contributed by atoms with van der Waals surface area (Å²) in [6.45, 7) is 6.73. The van der Waals surface area contributed by atoms with E-state index in [4.69, 9.17) is 10.2 Å². The molecule has 0 spiro atoms. The molecule has 1 aromatic carbocycles. The van der Waals surface area contributed by atoms with Crippen LogP contribution in [0.1, 0.15) is 49.9 Å². The fourth-order valence-electron chi connectivity index (χ4n) is 2.05. The van der Waals surface area contributed by atoms with Gasteiger partial charge in [-0.25, -0.2) is 0 Å². The Hall–Kier alpha value is -1.06. The average molecular weight is 322 g/mol. The van der Waals surface area contributed by atoms with Gasteiger partial charge in [0.05, 0.1) is 12.3 Å². The normalized spacial score (nSPS) is 13.5. The van der Waals surface area contributed by atoms with Crippen molar-refractivity contribution >= 4 is 15.9 Å². The van der Waals surface area contributed by atoms with Crippen LogP contribution in [0.2, 0.25) is 0 Å². The van der Waals surface area contributed by atoms with Gasteiger partial charge in [-0.15, -0.1) is 0 Å². The summed E-state index contributed by atoms with van der Waals surface area (Å²) in [4.78, 5) is 0. The first kappa shape index (κ1) is 14.4. The number of hydrogen-bond donors (Lipinski definition) is 1. The van der Waals surface area contributed by atoms with Crippen molar-refractivity contribution in [2.24, 2.45) is 5.73 Å². The van der Waals surface area contributed by atoms with Crippen LogP contribution in [0.5, 0.6) is 0 Å². The molecule has 0 saturated carbocycles. The maximum Gasteiger partial charge on any atom is 0.174 e. The lowest BCUT2D eigenvalue weighted by Crippen LogP contribution is -2.16. The van der Waals surface area contributed by atoms with Crippen molar-refractivity contribution in [1.82, 2.24) is 0 Å². The molecule has 0 amide bonds. The minimum atomic E-state index is -0.160. The molecule has 2 nitrogen and oxygen atoms in total. The Morgan fingerprint density at radius 3 is 2.32 bits per heavy atom. The molecule has 1 atom stereocenters.